The molecular formula is C17H11N3O. The van der Waals surface area contributed by atoms with Crippen molar-refractivity contribution in [2.45, 2.75) is 6.61 Å². The van der Waals surface area contributed by atoms with Gasteiger partial charge in [-0.2, -0.15) is 10.5 Å². The zero-order valence-corrected chi connectivity index (χ0v) is 11.2. The molecule has 0 amide bonds. The first-order valence-corrected chi connectivity index (χ1v) is 6.43. The highest BCUT2D eigenvalue weighted by molar-refractivity contribution is 5.65. The van der Waals surface area contributed by atoms with Crippen LogP contribution in [0.2, 0.25) is 0 Å². The van der Waals surface area contributed by atoms with E-state index >= 15 is 0 Å². The quantitative estimate of drug-likeness (QED) is 0.735. The summed E-state index contributed by atoms with van der Waals surface area (Å²) in [6.07, 6.45) is 3.79. The molecule has 100 valence electrons. The molecule has 0 N–H and O–H groups in total. The largest absolute Gasteiger partial charge is 0.489 e. The Labute approximate surface area is 122 Å². The molecular weight excluding hydrogens is 262 g/mol. The number of hydrogen-bond donors (Lipinski definition) is 0. The van der Waals surface area contributed by atoms with Crippen molar-refractivity contribution in [1.82, 2.24) is 4.40 Å². The van der Waals surface area contributed by atoms with Crippen LogP contribution >= 0.6 is 0 Å². The van der Waals surface area contributed by atoms with Crippen molar-refractivity contribution in [2.24, 2.45) is 0 Å². The van der Waals surface area contributed by atoms with Crippen molar-refractivity contribution in [3.8, 4) is 17.9 Å². The second-order valence-electron chi connectivity index (χ2n) is 4.56. The minimum atomic E-state index is 0.291. The van der Waals surface area contributed by atoms with Gasteiger partial charge in [0.05, 0.1) is 22.7 Å². The molecule has 1 aromatic carbocycles. The fourth-order valence-corrected chi connectivity index (χ4v) is 2.23. The zero-order valence-electron chi connectivity index (χ0n) is 11.2. The first kappa shape index (κ1) is 12.8. The topological polar surface area (TPSA) is 61.2 Å². The van der Waals surface area contributed by atoms with E-state index in [1.54, 1.807) is 24.3 Å². The Morgan fingerprint density at radius 3 is 2.76 bits per heavy atom. The first-order chi connectivity index (χ1) is 10.3. The van der Waals surface area contributed by atoms with Crippen LogP contribution < -0.4 is 4.74 Å². The third-order valence-electron chi connectivity index (χ3n) is 3.23. The van der Waals surface area contributed by atoms with Crippen molar-refractivity contribution >= 4 is 5.52 Å². The lowest BCUT2D eigenvalue weighted by Crippen LogP contribution is -1.96. The second-order valence-corrected chi connectivity index (χ2v) is 4.56. The van der Waals surface area contributed by atoms with E-state index in [-0.39, 0.29) is 0 Å². The monoisotopic (exact) mass is 273 g/mol. The summed E-state index contributed by atoms with van der Waals surface area (Å²) in [6, 6.07) is 17.0. The standard InChI is InChI=1S/C17H11N3O/c18-9-13-4-3-5-15(8-13)21-12-14-11-20-7-2-1-6-17(20)16(14)10-19/h1-8,11H,12H2. The van der Waals surface area contributed by atoms with Gasteiger partial charge in [0.1, 0.15) is 18.4 Å². The third-order valence-corrected chi connectivity index (χ3v) is 3.23. The van der Waals surface area contributed by atoms with Gasteiger partial charge in [-0.1, -0.05) is 12.1 Å². The van der Waals surface area contributed by atoms with Crippen LogP contribution in [0.4, 0.5) is 0 Å². The number of rotatable bonds is 3. The highest BCUT2D eigenvalue weighted by atomic mass is 16.5. The Morgan fingerprint density at radius 1 is 1.05 bits per heavy atom. The average molecular weight is 273 g/mol. The van der Waals surface area contributed by atoms with Crippen LogP contribution in [-0.2, 0) is 6.61 Å². The van der Waals surface area contributed by atoms with Crippen LogP contribution in [-0.4, -0.2) is 4.40 Å². The third kappa shape index (κ3) is 2.43. The van der Waals surface area contributed by atoms with Crippen LogP contribution in [0.5, 0.6) is 5.75 Å². The van der Waals surface area contributed by atoms with Gasteiger partial charge in [0.25, 0.3) is 0 Å². The van der Waals surface area contributed by atoms with E-state index in [0.717, 1.165) is 11.1 Å². The van der Waals surface area contributed by atoms with E-state index in [9.17, 15) is 5.26 Å². The molecule has 0 radical (unpaired) electrons. The maximum atomic E-state index is 9.32. The molecule has 0 saturated heterocycles. The van der Waals surface area contributed by atoms with Crippen molar-refractivity contribution in [3.63, 3.8) is 0 Å². The molecule has 2 heterocycles. The fraction of sp³-hybridized carbons (Fsp3) is 0.0588. The fourth-order valence-electron chi connectivity index (χ4n) is 2.23. The summed E-state index contributed by atoms with van der Waals surface area (Å²) in [6.45, 7) is 0.291. The molecule has 0 unspecified atom stereocenters. The summed E-state index contributed by atoms with van der Waals surface area (Å²) >= 11 is 0. The Hall–Kier alpha value is -3.24. The predicted octanol–water partition coefficient (Wildman–Crippen LogP) is 3.26. The predicted molar refractivity (Wildman–Crippen MR) is 77.6 cm³/mol. The maximum absolute atomic E-state index is 9.32. The number of benzene rings is 1. The zero-order chi connectivity index (χ0) is 14.7. The summed E-state index contributed by atoms with van der Waals surface area (Å²) in [5.74, 6) is 0.619. The molecule has 0 aliphatic heterocycles. The van der Waals surface area contributed by atoms with E-state index in [0.29, 0.717) is 23.5 Å². The molecule has 3 rings (SSSR count). The van der Waals surface area contributed by atoms with Crippen LogP contribution in [0.1, 0.15) is 16.7 Å². The van der Waals surface area contributed by atoms with Gasteiger partial charge in [-0.15, -0.1) is 0 Å². The van der Waals surface area contributed by atoms with Crippen LogP contribution in [0.15, 0.2) is 54.9 Å². The van der Waals surface area contributed by atoms with E-state index in [4.69, 9.17) is 10.00 Å². The Bertz CT molecular complexity index is 881. The van der Waals surface area contributed by atoms with Gasteiger partial charge in [0.15, 0.2) is 0 Å². The molecule has 0 bridgehead atoms. The molecule has 0 fully saturated rings. The number of pyridine rings is 1. The summed E-state index contributed by atoms with van der Waals surface area (Å²) in [5, 5.41) is 18.2. The minimum Gasteiger partial charge on any atom is -0.489 e. The van der Waals surface area contributed by atoms with Gasteiger partial charge >= 0.3 is 0 Å². The SMILES string of the molecule is N#Cc1cccc(OCc2cn3ccccc3c2C#N)c1. The molecule has 0 aliphatic rings. The second kappa shape index (κ2) is 5.40. The molecule has 3 aromatic rings. The average Bonchev–Trinajstić information content (AvgIpc) is 2.90. The van der Waals surface area contributed by atoms with Crippen molar-refractivity contribution in [3.05, 3.63) is 71.5 Å². The van der Waals surface area contributed by atoms with E-state index < -0.39 is 0 Å². The molecule has 4 nitrogen and oxygen atoms in total. The minimum absolute atomic E-state index is 0.291. The van der Waals surface area contributed by atoms with Crippen molar-refractivity contribution in [2.75, 3.05) is 0 Å². The van der Waals surface area contributed by atoms with Crippen LogP contribution in [0, 0.1) is 22.7 Å². The molecule has 4 heteroatoms. The Morgan fingerprint density at radius 2 is 1.95 bits per heavy atom. The molecule has 2 aromatic heterocycles. The number of hydrogen-bond acceptors (Lipinski definition) is 3. The molecule has 21 heavy (non-hydrogen) atoms. The van der Waals surface area contributed by atoms with Gasteiger partial charge in [-0.3, -0.25) is 0 Å². The van der Waals surface area contributed by atoms with E-state index in [1.807, 2.05) is 35.0 Å². The Kier molecular flexibility index (Phi) is 3.29. The normalized spacial score (nSPS) is 10.0. The summed E-state index contributed by atoms with van der Waals surface area (Å²) < 4.78 is 7.60. The lowest BCUT2D eigenvalue weighted by Gasteiger charge is -2.05. The first-order valence-electron chi connectivity index (χ1n) is 6.43. The Balaban J connectivity index is 1.88. The maximum Gasteiger partial charge on any atom is 0.121 e. The van der Waals surface area contributed by atoms with Crippen LogP contribution in [0.25, 0.3) is 5.52 Å². The highest BCUT2D eigenvalue weighted by Crippen LogP contribution is 2.20. The lowest BCUT2D eigenvalue weighted by atomic mass is 10.2. The highest BCUT2D eigenvalue weighted by Gasteiger charge is 2.10. The van der Waals surface area contributed by atoms with Crippen LogP contribution in [0.3, 0.4) is 0 Å². The smallest absolute Gasteiger partial charge is 0.121 e. The van der Waals surface area contributed by atoms with E-state index in [2.05, 4.69) is 12.1 Å². The van der Waals surface area contributed by atoms with Gasteiger partial charge in [-0.05, 0) is 30.3 Å². The van der Waals surface area contributed by atoms with E-state index in [1.165, 1.54) is 0 Å². The summed E-state index contributed by atoms with van der Waals surface area (Å²) in [7, 11) is 0. The number of fused-ring (bicyclic) bond motifs is 1. The van der Waals surface area contributed by atoms with Gasteiger partial charge in [0.2, 0.25) is 0 Å². The summed E-state index contributed by atoms with van der Waals surface area (Å²) in [4.78, 5) is 0. The number of nitrogens with zero attached hydrogens (tertiary/aromatic N) is 3. The number of ether oxygens (including phenoxy) is 1. The molecule has 0 aliphatic carbocycles. The van der Waals surface area contributed by atoms with Gasteiger partial charge in [-0.25, -0.2) is 0 Å². The van der Waals surface area contributed by atoms with Crippen molar-refractivity contribution < 1.29 is 4.74 Å². The van der Waals surface area contributed by atoms with Crippen molar-refractivity contribution in [1.29, 1.82) is 10.5 Å². The molecule has 0 atom stereocenters. The van der Waals surface area contributed by atoms with Gasteiger partial charge in [0, 0.05) is 18.0 Å². The lowest BCUT2D eigenvalue weighted by molar-refractivity contribution is 0.306. The summed E-state index contributed by atoms with van der Waals surface area (Å²) in [5.41, 5.74) is 2.86. The number of nitriles is 2. The number of aromatic nitrogens is 1. The molecule has 0 saturated carbocycles. The van der Waals surface area contributed by atoms with Gasteiger partial charge < -0.3 is 9.14 Å². The molecule has 0 spiro atoms.